The molecule has 0 aromatic heterocycles. The van der Waals surface area contributed by atoms with E-state index in [-0.39, 0.29) is 23.8 Å². The summed E-state index contributed by atoms with van der Waals surface area (Å²) in [5, 5.41) is 2.30. The first-order chi connectivity index (χ1) is 12.3. The van der Waals surface area contributed by atoms with E-state index in [0.29, 0.717) is 0 Å². The summed E-state index contributed by atoms with van der Waals surface area (Å²) in [6.45, 7) is 0.366. The molecule has 140 valence electrons. The van der Waals surface area contributed by atoms with Gasteiger partial charge in [0.25, 0.3) is 10.0 Å². The number of para-hydroxylation sites is 1. The summed E-state index contributed by atoms with van der Waals surface area (Å²) in [6.07, 6.45) is 0. The van der Waals surface area contributed by atoms with E-state index in [1.165, 1.54) is 25.3 Å². The van der Waals surface area contributed by atoms with Gasteiger partial charge in [0.15, 0.2) is 17.4 Å². The standard InChI is InChI=1S/C16H16F2N2O5S/c1-24-10-9-19-16(21)20-26(22,23)12-7-5-11(6-8-12)25-15-13(17)3-2-4-14(15)18/h2-8H,9-10H2,1H3,(H2,19,20,21). The van der Waals surface area contributed by atoms with Gasteiger partial charge in [-0.05, 0) is 36.4 Å². The molecule has 0 bridgehead atoms. The Hall–Kier alpha value is -2.72. The molecule has 2 aromatic carbocycles. The second-order valence-electron chi connectivity index (χ2n) is 4.98. The highest BCUT2D eigenvalue weighted by Gasteiger charge is 2.18. The average Bonchev–Trinajstić information content (AvgIpc) is 2.58. The number of ether oxygens (including phenoxy) is 2. The largest absolute Gasteiger partial charge is 0.451 e. The molecule has 10 heteroatoms. The maximum atomic E-state index is 13.6. The number of hydrogen-bond donors (Lipinski definition) is 2. The first-order valence-electron chi connectivity index (χ1n) is 7.35. The van der Waals surface area contributed by atoms with Crippen molar-refractivity contribution >= 4 is 16.1 Å². The predicted octanol–water partition coefficient (Wildman–Crippen LogP) is 2.39. The van der Waals surface area contributed by atoms with Crippen molar-refractivity contribution in [3.8, 4) is 11.5 Å². The summed E-state index contributed by atoms with van der Waals surface area (Å²) < 4.78 is 62.9. The van der Waals surface area contributed by atoms with Gasteiger partial charge in [0, 0.05) is 13.7 Å². The molecule has 0 saturated heterocycles. The second-order valence-corrected chi connectivity index (χ2v) is 6.66. The molecular weight excluding hydrogens is 370 g/mol. The molecule has 2 aromatic rings. The summed E-state index contributed by atoms with van der Waals surface area (Å²) in [5.41, 5.74) is 0. The number of hydrogen-bond acceptors (Lipinski definition) is 5. The van der Waals surface area contributed by atoms with Crippen LogP contribution in [0.5, 0.6) is 11.5 Å². The lowest BCUT2D eigenvalue weighted by Crippen LogP contribution is -2.40. The van der Waals surface area contributed by atoms with Gasteiger partial charge in [0.05, 0.1) is 11.5 Å². The highest BCUT2D eigenvalue weighted by atomic mass is 32.2. The third kappa shape index (κ3) is 5.14. The maximum absolute atomic E-state index is 13.6. The third-order valence-electron chi connectivity index (χ3n) is 3.09. The monoisotopic (exact) mass is 386 g/mol. The van der Waals surface area contributed by atoms with Crippen LogP contribution < -0.4 is 14.8 Å². The van der Waals surface area contributed by atoms with E-state index in [1.807, 2.05) is 4.72 Å². The van der Waals surface area contributed by atoms with Crippen LogP contribution in [0.3, 0.4) is 0 Å². The van der Waals surface area contributed by atoms with Crippen LogP contribution in [0.1, 0.15) is 0 Å². The molecule has 0 atom stereocenters. The van der Waals surface area contributed by atoms with E-state index in [2.05, 4.69) is 5.32 Å². The SMILES string of the molecule is COCCNC(=O)NS(=O)(=O)c1ccc(Oc2c(F)cccc2F)cc1. The molecule has 2 amide bonds. The van der Waals surface area contributed by atoms with Crippen molar-refractivity contribution in [2.45, 2.75) is 4.90 Å². The van der Waals surface area contributed by atoms with Gasteiger partial charge in [0.2, 0.25) is 0 Å². The number of benzene rings is 2. The van der Waals surface area contributed by atoms with Crippen LogP contribution in [0.15, 0.2) is 47.4 Å². The van der Waals surface area contributed by atoms with Crippen LogP contribution in [0.25, 0.3) is 0 Å². The lowest BCUT2D eigenvalue weighted by Gasteiger charge is -2.10. The Labute approximate surface area is 149 Å². The molecule has 0 aliphatic carbocycles. The van der Waals surface area contributed by atoms with Crippen molar-refractivity contribution in [2.75, 3.05) is 20.3 Å². The minimum atomic E-state index is -4.11. The predicted molar refractivity (Wildman–Crippen MR) is 88.5 cm³/mol. The molecule has 0 radical (unpaired) electrons. The number of methoxy groups -OCH3 is 1. The van der Waals surface area contributed by atoms with Crippen LogP contribution in [0, 0.1) is 11.6 Å². The molecule has 0 saturated carbocycles. The molecule has 0 aliphatic heterocycles. The number of carbonyl (C=O) groups is 1. The Morgan fingerprint density at radius 2 is 1.69 bits per heavy atom. The van der Waals surface area contributed by atoms with Gasteiger partial charge in [0.1, 0.15) is 5.75 Å². The first kappa shape index (κ1) is 19.6. The Balaban J connectivity index is 2.07. The number of carbonyl (C=O) groups excluding carboxylic acids is 1. The average molecular weight is 386 g/mol. The van der Waals surface area contributed by atoms with E-state index >= 15 is 0 Å². The van der Waals surface area contributed by atoms with E-state index in [0.717, 1.165) is 24.3 Å². The Bertz CT molecular complexity index is 852. The molecule has 7 nitrogen and oxygen atoms in total. The first-order valence-corrected chi connectivity index (χ1v) is 8.83. The summed E-state index contributed by atoms with van der Waals surface area (Å²) in [7, 11) is -2.67. The minimum Gasteiger partial charge on any atom is -0.451 e. The van der Waals surface area contributed by atoms with Crippen molar-refractivity contribution < 1.29 is 31.5 Å². The molecule has 0 heterocycles. The molecule has 0 aliphatic rings. The highest BCUT2D eigenvalue weighted by Crippen LogP contribution is 2.27. The molecule has 26 heavy (non-hydrogen) atoms. The Kier molecular flexibility index (Phi) is 6.47. The summed E-state index contributed by atoms with van der Waals surface area (Å²) in [4.78, 5) is 11.3. The zero-order valence-electron chi connectivity index (χ0n) is 13.7. The molecular formula is C16H16F2N2O5S. The second kappa shape index (κ2) is 8.59. The number of nitrogens with one attached hydrogen (secondary N) is 2. The van der Waals surface area contributed by atoms with Gasteiger partial charge in [-0.15, -0.1) is 0 Å². The van der Waals surface area contributed by atoms with Crippen molar-refractivity contribution in [3.63, 3.8) is 0 Å². The zero-order valence-corrected chi connectivity index (χ0v) is 14.5. The quantitative estimate of drug-likeness (QED) is 0.713. The van der Waals surface area contributed by atoms with Crippen molar-refractivity contribution in [1.29, 1.82) is 0 Å². The summed E-state index contributed by atoms with van der Waals surface area (Å²) in [5.74, 6) is -2.36. The lowest BCUT2D eigenvalue weighted by atomic mass is 10.3. The molecule has 2 N–H and O–H groups in total. The van der Waals surface area contributed by atoms with Crippen molar-refractivity contribution in [3.05, 3.63) is 54.1 Å². The summed E-state index contributed by atoms with van der Waals surface area (Å²) in [6, 6.07) is 7.05. The van der Waals surface area contributed by atoms with E-state index in [4.69, 9.17) is 9.47 Å². The van der Waals surface area contributed by atoms with Gasteiger partial charge < -0.3 is 14.8 Å². The highest BCUT2D eigenvalue weighted by molar-refractivity contribution is 7.90. The normalized spacial score (nSPS) is 11.0. The number of sulfonamides is 1. The van der Waals surface area contributed by atoms with Crippen molar-refractivity contribution in [1.82, 2.24) is 10.0 Å². The number of halogens is 2. The molecule has 0 spiro atoms. The molecule has 2 rings (SSSR count). The zero-order chi connectivity index (χ0) is 19.2. The topological polar surface area (TPSA) is 93.7 Å². The van der Waals surface area contributed by atoms with Gasteiger partial charge in [-0.3, -0.25) is 0 Å². The molecule has 0 fully saturated rings. The van der Waals surface area contributed by atoms with Gasteiger partial charge in [-0.25, -0.2) is 26.7 Å². The smallest absolute Gasteiger partial charge is 0.328 e. The van der Waals surface area contributed by atoms with E-state index in [9.17, 15) is 22.0 Å². The third-order valence-corrected chi connectivity index (χ3v) is 4.44. The summed E-state index contributed by atoms with van der Waals surface area (Å²) >= 11 is 0. The fourth-order valence-corrected chi connectivity index (χ4v) is 2.80. The fourth-order valence-electron chi connectivity index (χ4n) is 1.87. The van der Waals surface area contributed by atoms with E-state index < -0.39 is 33.4 Å². The Morgan fingerprint density at radius 1 is 1.08 bits per heavy atom. The number of rotatable bonds is 7. The van der Waals surface area contributed by atoms with E-state index in [1.54, 1.807) is 0 Å². The Morgan fingerprint density at radius 3 is 2.27 bits per heavy atom. The van der Waals surface area contributed by atoms with Crippen LogP contribution in [0.4, 0.5) is 13.6 Å². The fraction of sp³-hybridized carbons (Fsp3) is 0.188. The van der Waals surface area contributed by atoms with Gasteiger partial charge in [-0.1, -0.05) is 6.07 Å². The number of urea groups is 1. The molecule has 0 unspecified atom stereocenters. The van der Waals surface area contributed by atoms with Crippen LogP contribution in [0.2, 0.25) is 0 Å². The maximum Gasteiger partial charge on any atom is 0.328 e. The van der Waals surface area contributed by atoms with Crippen LogP contribution in [-0.4, -0.2) is 34.7 Å². The lowest BCUT2D eigenvalue weighted by molar-refractivity contribution is 0.197. The van der Waals surface area contributed by atoms with Crippen LogP contribution in [-0.2, 0) is 14.8 Å². The minimum absolute atomic E-state index is 0.0255. The van der Waals surface area contributed by atoms with Crippen molar-refractivity contribution in [2.24, 2.45) is 0 Å². The number of amides is 2. The van der Waals surface area contributed by atoms with Crippen LogP contribution >= 0.6 is 0 Å². The van der Waals surface area contributed by atoms with Gasteiger partial charge >= 0.3 is 6.03 Å². The van der Waals surface area contributed by atoms with Gasteiger partial charge in [-0.2, -0.15) is 0 Å².